The van der Waals surface area contributed by atoms with E-state index in [1.807, 2.05) is 4.90 Å². The fraction of sp³-hybridized carbons (Fsp3) is 0.923. The molecule has 0 bridgehead atoms. The van der Waals surface area contributed by atoms with Crippen LogP contribution in [-0.2, 0) is 9.53 Å². The zero-order chi connectivity index (χ0) is 11.3. The molecule has 3 aliphatic rings. The van der Waals surface area contributed by atoms with Gasteiger partial charge in [-0.2, -0.15) is 0 Å². The van der Waals surface area contributed by atoms with Crippen LogP contribution in [0, 0.1) is 17.8 Å². The predicted octanol–water partition coefficient (Wildman–Crippen LogP) is 1.67. The van der Waals surface area contributed by atoms with E-state index in [1.165, 1.54) is 6.42 Å². The van der Waals surface area contributed by atoms with Gasteiger partial charge in [0.2, 0.25) is 5.91 Å². The Morgan fingerprint density at radius 3 is 2.19 bits per heavy atom. The normalized spacial score (nSPS) is 46.6. The smallest absolute Gasteiger partial charge is 0.225 e. The molecular weight excluding hydrogens is 202 g/mol. The highest BCUT2D eigenvalue weighted by Crippen LogP contribution is 2.54. The van der Waals surface area contributed by atoms with Crippen LogP contribution >= 0.6 is 0 Å². The van der Waals surface area contributed by atoms with Gasteiger partial charge in [-0.15, -0.1) is 0 Å². The Hall–Kier alpha value is -0.570. The van der Waals surface area contributed by atoms with Gasteiger partial charge in [-0.3, -0.25) is 4.79 Å². The first-order valence-corrected chi connectivity index (χ1v) is 6.57. The molecule has 2 unspecified atom stereocenters. The van der Waals surface area contributed by atoms with Gasteiger partial charge < -0.3 is 9.64 Å². The minimum atomic E-state index is 0.198. The molecule has 0 N–H and O–H groups in total. The number of ether oxygens (including phenoxy) is 1. The second-order valence-electron chi connectivity index (χ2n) is 5.92. The summed E-state index contributed by atoms with van der Waals surface area (Å²) in [7, 11) is 0. The molecule has 3 fully saturated rings. The number of rotatable bonds is 1. The lowest BCUT2D eigenvalue weighted by Gasteiger charge is -2.36. The summed E-state index contributed by atoms with van der Waals surface area (Å²) in [6, 6.07) is 0. The number of hydrogen-bond acceptors (Lipinski definition) is 2. The lowest BCUT2D eigenvalue weighted by molar-refractivity contribution is -0.147. The molecule has 0 aromatic heterocycles. The quantitative estimate of drug-likeness (QED) is 0.676. The molecule has 4 atom stereocenters. The highest BCUT2D eigenvalue weighted by Gasteiger charge is 2.49. The number of hydrogen-bond donors (Lipinski definition) is 0. The summed E-state index contributed by atoms with van der Waals surface area (Å²) in [5.41, 5.74) is 0. The molecule has 3 nitrogen and oxygen atoms in total. The van der Waals surface area contributed by atoms with Crippen molar-refractivity contribution in [1.82, 2.24) is 4.90 Å². The van der Waals surface area contributed by atoms with E-state index in [0.29, 0.717) is 11.8 Å². The molecule has 1 saturated heterocycles. The van der Waals surface area contributed by atoms with Gasteiger partial charge in [0.15, 0.2) is 0 Å². The van der Waals surface area contributed by atoms with Gasteiger partial charge in [0, 0.05) is 19.0 Å². The van der Waals surface area contributed by atoms with E-state index in [0.717, 1.165) is 37.8 Å². The zero-order valence-electron chi connectivity index (χ0n) is 10.2. The minimum absolute atomic E-state index is 0.198. The summed E-state index contributed by atoms with van der Waals surface area (Å²) in [4.78, 5) is 14.4. The second kappa shape index (κ2) is 3.73. The lowest BCUT2D eigenvalue weighted by atomic mass is 10.0. The number of nitrogens with zero attached hydrogens (tertiary/aromatic N) is 1. The Morgan fingerprint density at radius 2 is 1.62 bits per heavy atom. The monoisotopic (exact) mass is 223 g/mol. The molecule has 2 aliphatic carbocycles. The predicted molar refractivity (Wildman–Crippen MR) is 60.9 cm³/mol. The Kier molecular flexibility index (Phi) is 2.46. The molecule has 2 saturated carbocycles. The van der Waals surface area contributed by atoms with E-state index >= 15 is 0 Å². The maximum Gasteiger partial charge on any atom is 0.225 e. The van der Waals surface area contributed by atoms with Crippen LogP contribution in [0.25, 0.3) is 0 Å². The first-order valence-electron chi connectivity index (χ1n) is 6.57. The summed E-state index contributed by atoms with van der Waals surface area (Å²) < 4.78 is 5.67. The van der Waals surface area contributed by atoms with Gasteiger partial charge in [-0.05, 0) is 44.9 Å². The van der Waals surface area contributed by atoms with Crippen molar-refractivity contribution in [1.29, 1.82) is 0 Å². The van der Waals surface area contributed by atoms with Crippen LogP contribution in [0.1, 0.15) is 33.1 Å². The maximum absolute atomic E-state index is 12.3. The van der Waals surface area contributed by atoms with Crippen LogP contribution in [0.2, 0.25) is 0 Å². The third-order valence-electron chi connectivity index (χ3n) is 4.32. The van der Waals surface area contributed by atoms with E-state index in [4.69, 9.17) is 4.74 Å². The van der Waals surface area contributed by atoms with Crippen LogP contribution in [0.5, 0.6) is 0 Å². The molecular formula is C13H21NO2. The van der Waals surface area contributed by atoms with E-state index < -0.39 is 0 Å². The largest absolute Gasteiger partial charge is 0.372 e. The van der Waals surface area contributed by atoms with Crippen molar-refractivity contribution in [2.75, 3.05) is 13.1 Å². The molecule has 1 amide bonds. The number of carbonyl (C=O) groups excluding carboxylic acids is 1. The van der Waals surface area contributed by atoms with Gasteiger partial charge in [0.05, 0.1) is 12.2 Å². The van der Waals surface area contributed by atoms with Crippen LogP contribution in [0.4, 0.5) is 0 Å². The summed E-state index contributed by atoms with van der Waals surface area (Å²) in [6.45, 7) is 5.69. The number of amides is 1. The van der Waals surface area contributed by atoms with Crippen molar-refractivity contribution >= 4 is 5.91 Å². The first-order chi connectivity index (χ1) is 7.63. The molecule has 1 heterocycles. The van der Waals surface area contributed by atoms with Crippen LogP contribution in [0.15, 0.2) is 0 Å². The highest BCUT2D eigenvalue weighted by atomic mass is 16.5. The zero-order valence-corrected chi connectivity index (χ0v) is 10.2. The molecule has 3 heteroatoms. The van der Waals surface area contributed by atoms with Crippen molar-refractivity contribution in [2.24, 2.45) is 17.8 Å². The van der Waals surface area contributed by atoms with Crippen molar-refractivity contribution in [3.05, 3.63) is 0 Å². The summed E-state index contributed by atoms with van der Waals surface area (Å²) in [6.07, 6.45) is 4.10. The summed E-state index contributed by atoms with van der Waals surface area (Å²) in [5.74, 6) is 2.52. The van der Waals surface area contributed by atoms with Gasteiger partial charge >= 0.3 is 0 Å². The molecule has 1 aliphatic heterocycles. The average Bonchev–Trinajstić information content (AvgIpc) is 2.83. The molecule has 3 rings (SSSR count). The highest BCUT2D eigenvalue weighted by molar-refractivity contribution is 5.79. The molecule has 0 aromatic carbocycles. The fourth-order valence-electron chi connectivity index (χ4n) is 3.53. The van der Waals surface area contributed by atoms with Gasteiger partial charge in [-0.1, -0.05) is 0 Å². The SMILES string of the molecule is C[C@@H]1CN(C(=O)C2CC3CC3C2)C[C@H](C)O1. The van der Waals surface area contributed by atoms with E-state index in [-0.39, 0.29) is 12.2 Å². The van der Waals surface area contributed by atoms with Crippen molar-refractivity contribution in [2.45, 2.75) is 45.3 Å². The van der Waals surface area contributed by atoms with Gasteiger partial charge in [0.25, 0.3) is 0 Å². The van der Waals surface area contributed by atoms with Crippen molar-refractivity contribution in [3.63, 3.8) is 0 Å². The van der Waals surface area contributed by atoms with Crippen LogP contribution in [0.3, 0.4) is 0 Å². The number of carbonyl (C=O) groups is 1. The van der Waals surface area contributed by atoms with Crippen LogP contribution in [-0.4, -0.2) is 36.1 Å². The Bertz CT molecular complexity index is 284. The Labute approximate surface area is 97.1 Å². The molecule has 0 aromatic rings. The van der Waals surface area contributed by atoms with E-state index in [1.54, 1.807) is 0 Å². The Balaban J connectivity index is 1.61. The first kappa shape index (κ1) is 10.6. The second-order valence-corrected chi connectivity index (χ2v) is 5.92. The summed E-state index contributed by atoms with van der Waals surface area (Å²) in [5, 5.41) is 0. The van der Waals surface area contributed by atoms with Crippen LogP contribution < -0.4 is 0 Å². The molecule has 0 spiro atoms. The van der Waals surface area contributed by atoms with Gasteiger partial charge in [0.1, 0.15) is 0 Å². The van der Waals surface area contributed by atoms with Gasteiger partial charge in [-0.25, -0.2) is 0 Å². The average molecular weight is 223 g/mol. The standard InChI is InChI=1S/C13H21NO2/c1-8-6-14(7-9(2)16-8)13(15)12-4-10-3-11(10)5-12/h8-12H,3-7H2,1-2H3/t8-,9+,10?,11?,12?. The lowest BCUT2D eigenvalue weighted by Crippen LogP contribution is -2.49. The van der Waals surface area contributed by atoms with E-state index in [9.17, 15) is 4.79 Å². The third kappa shape index (κ3) is 1.86. The topological polar surface area (TPSA) is 29.5 Å². The molecule has 0 radical (unpaired) electrons. The van der Waals surface area contributed by atoms with Crippen molar-refractivity contribution < 1.29 is 9.53 Å². The molecule has 90 valence electrons. The van der Waals surface area contributed by atoms with E-state index in [2.05, 4.69) is 13.8 Å². The maximum atomic E-state index is 12.3. The Morgan fingerprint density at radius 1 is 1.06 bits per heavy atom. The fourth-order valence-corrected chi connectivity index (χ4v) is 3.53. The molecule has 16 heavy (non-hydrogen) atoms. The summed E-state index contributed by atoms with van der Waals surface area (Å²) >= 11 is 0. The number of fused-ring (bicyclic) bond motifs is 1. The van der Waals surface area contributed by atoms with Crippen molar-refractivity contribution in [3.8, 4) is 0 Å². The third-order valence-corrected chi connectivity index (χ3v) is 4.32. The number of morpholine rings is 1. The minimum Gasteiger partial charge on any atom is -0.372 e.